The van der Waals surface area contributed by atoms with Gasteiger partial charge >= 0.3 is 0 Å². The van der Waals surface area contributed by atoms with Gasteiger partial charge in [-0.15, -0.1) is 0 Å². The molecule has 4 rings (SSSR count). The number of nitrogens with one attached hydrogen (secondary N) is 1. The zero-order chi connectivity index (χ0) is 35.0. The monoisotopic (exact) mass is 731 g/mol. The Morgan fingerprint density at radius 2 is 1.46 bits per heavy atom. The predicted octanol–water partition coefficient (Wildman–Crippen LogP) is 7.02. The van der Waals surface area contributed by atoms with Gasteiger partial charge in [-0.3, -0.25) is 13.9 Å². The number of sulfonamides is 1. The largest absolute Gasteiger partial charge is 0.493 e. The van der Waals surface area contributed by atoms with Crippen molar-refractivity contribution in [2.24, 2.45) is 0 Å². The minimum Gasteiger partial charge on any atom is -0.493 e. The molecule has 9 nitrogen and oxygen atoms in total. The fourth-order valence-electron chi connectivity index (χ4n) is 5.01. The molecule has 0 saturated heterocycles. The minimum absolute atomic E-state index is 0.0659. The Hall–Kier alpha value is -3.96. The van der Waals surface area contributed by atoms with Crippen molar-refractivity contribution in [2.45, 2.75) is 43.8 Å². The highest BCUT2D eigenvalue weighted by Crippen LogP contribution is 2.33. The standard InChI is InChI=1S/C35H36Cl3N3O6S/c1-23(2)39-35(43)31(19-24-8-6-5-7-9-24)40(21-25-10-16-29(37)30(38)18-25)34(42)22-41(27-13-11-26(36)12-14-27)48(44,45)28-15-17-32(46-3)33(20-28)47-4/h5-18,20,23,31H,19,21-22H2,1-4H3,(H,39,43)/t31-/m1/s1. The van der Waals surface area contributed by atoms with Crippen LogP contribution in [0.25, 0.3) is 0 Å². The predicted molar refractivity (Wildman–Crippen MR) is 190 cm³/mol. The Balaban J connectivity index is 1.84. The summed E-state index contributed by atoms with van der Waals surface area (Å²) in [7, 11) is -1.56. The highest BCUT2D eigenvalue weighted by molar-refractivity contribution is 7.92. The molecular weight excluding hydrogens is 697 g/mol. The second-order valence-corrected chi connectivity index (χ2v) is 14.3. The molecule has 0 unspecified atom stereocenters. The van der Waals surface area contributed by atoms with Crippen LogP contribution in [-0.2, 0) is 32.6 Å². The molecule has 0 saturated carbocycles. The summed E-state index contributed by atoms with van der Waals surface area (Å²) in [5.74, 6) is -0.517. The summed E-state index contributed by atoms with van der Waals surface area (Å²) in [6.07, 6.45) is 0.163. The molecule has 0 heterocycles. The number of methoxy groups -OCH3 is 2. The van der Waals surface area contributed by atoms with Crippen molar-refractivity contribution in [3.05, 3.63) is 117 Å². The first-order chi connectivity index (χ1) is 22.8. The van der Waals surface area contributed by atoms with Crippen molar-refractivity contribution in [1.29, 1.82) is 0 Å². The van der Waals surface area contributed by atoms with E-state index < -0.39 is 34.4 Å². The van der Waals surface area contributed by atoms with Gasteiger partial charge in [0.05, 0.1) is 34.8 Å². The van der Waals surface area contributed by atoms with E-state index in [0.717, 1.165) is 9.87 Å². The van der Waals surface area contributed by atoms with E-state index >= 15 is 0 Å². The SMILES string of the molecule is COc1ccc(S(=O)(=O)N(CC(=O)N(Cc2ccc(Cl)c(Cl)c2)[C@H](Cc2ccccc2)C(=O)NC(C)C)c2ccc(Cl)cc2)cc1OC. The first-order valence-electron chi connectivity index (χ1n) is 14.9. The lowest BCUT2D eigenvalue weighted by molar-refractivity contribution is -0.140. The van der Waals surface area contributed by atoms with Crippen LogP contribution in [0.15, 0.2) is 95.9 Å². The highest BCUT2D eigenvalue weighted by atomic mass is 35.5. The molecule has 0 bridgehead atoms. The molecule has 2 amide bonds. The third-order valence-corrected chi connectivity index (χ3v) is 10.1. The molecule has 4 aromatic rings. The van der Waals surface area contributed by atoms with Crippen molar-refractivity contribution >= 4 is 62.3 Å². The topological polar surface area (TPSA) is 105 Å². The van der Waals surface area contributed by atoms with Crippen molar-refractivity contribution in [2.75, 3.05) is 25.1 Å². The van der Waals surface area contributed by atoms with Crippen LogP contribution in [0.1, 0.15) is 25.0 Å². The molecule has 13 heteroatoms. The summed E-state index contributed by atoms with van der Waals surface area (Å²) in [5.41, 5.74) is 1.58. The molecule has 0 aliphatic heterocycles. The van der Waals surface area contributed by atoms with Gasteiger partial charge in [-0.1, -0.05) is 71.2 Å². The van der Waals surface area contributed by atoms with E-state index in [2.05, 4.69) is 5.32 Å². The Morgan fingerprint density at radius 3 is 2.06 bits per heavy atom. The van der Waals surface area contributed by atoms with E-state index in [9.17, 15) is 18.0 Å². The zero-order valence-corrected chi connectivity index (χ0v) is 29.9. The Morgan fingerprint density at radius 1 is 0.792 bits per heavy atom. The maximum absolute atomic E-state index is 14.6. The fraction of sp³-hybridized carbons (Fsp3) is 0.257. The summed E-state index contributed by atoms with van der Waals surface area (Å²) < 4.78 is 40.3. The van der Waals surface area contributed by atoms with Crippen LogP contribution in [0, 0.1) is 0 Å². The normalized spacial score (nSPS) is 11.9. The zero-order valence-electron chi connectivity index (χ0n) is 26.8. The van der Waals surface area contributed by atoms with Crippen molar-refractivity contribution in [1.82, 2.24) is 10.2 Å². The molecule has 0 fully saturated rings. The Kier molecular flexibility index (Phi) is 12.6. The average molecular weight is 733 g/mol. The van der Waals surface area contributed by atoms with Crippen LogP contribution in [-0.4, -0.2) is 58.0 Å². The summed E-state index contributed by atoms with van der Waals surface area (Å²) in [6.45, 7) is 2.92. The Bertz CT molecular complexity index is 1840. The number of nitrogens with zero attached hydrogens (tertiary/aromatic N) is 2. The summed E-state index contributed by atoms with van der Waals surface area (Å²) >= 11 is 18.7. The van der Waals surface area contributed by atoms with Gasteiger partial charge in [0.15, 0.2) is 11.5 Å². The van der Waals surface area contributed by atoms with E-state index in [1.54, 1.807) is 18.2 Å². The molecule has 254 valence electrons. The third kappa shape index (κ3) is 9.14. The lowest BCUT2D eigenvalue weighted by Crippen LogP contribution is -2.54. The van der Waals surface area contributed by atoms with E-state index in [4.69, 9.17) is 44.3 Å². The van der Waals surface area contributed by atoms with Crippen LogP contribution in [0.4, 0.5) is 5.69 Å². The molecular formula is C35H36Cl3N3O6S. The number of ether oxygens (including phenoxy) is 2. The number of amides is 2. The van der Waals surface area contributed by atoms with Gasteiger partial charge in [0, 0.05) is 30.1 Å². The summed E-state index contributed by atoms with van der Waals surface area (Å²) in [4.78, 5) is 29.6. The maximum Gasteiger partial charge on any atom is 0.264 e. The average Bonchev–Trinajstić information content (AvgIpc) is 3.06. The number of hydrogen-bond acceptors (Lipinski definition) is 6. The van der Waals surface area contributed by atoms with Gasteiger partial charge in [-0.05, 0) is 73.5 Å². The molecule has 48 heavy (non-hydrogen) atoms. The second kappa shape index (κ2) is 16.4. The molecule has 0 aliphatic carbocycles. The maximum atomic E-state index is 14.6. The smallest absolute Gasteiger partial charge is 0.264 e. The first-order valence-corrected chi connectivity index (χ1v) is 17.5. The van der Waals surface area contributed by atoms with Crippen molar-refractivity contribution in [3.63, 3.8) is 0 Å². The van der Waals surface area contributed by atoms with Crippen LogP contribution in [0.3, 0.4) is 0 Å². The van der Waals surface area contributed by atoms with Gasteiger partial charge in [-0.25, -0.2) is 8.42 Å². The van der Waals surface area contributed by atoms with E-state index in [1.165, 1.54) is 61.6 Å². The summed E-state index contributed by atoms with van der Waals surface area (Å²) in [6, 6.07) is 23.1. The number of anilines is 1. The third-order valence-electron chi connectivity index (χ3n) is 7.38. The molecule has 0 spiro atoms. The first kappa shape index (κ1) is 36.9. The fourth-order valence-corrected chi connectivity index (χ4v) is 6.89. The number of carbonyl (C=O) groups is 2. The molecule has 0 aliphatic rings. The second-order valence-electron chi connectivity index (χ2n) is 11.1. The van der Waals surface area contributed by atoms with E-state index in [1.807, 2.05) is 44.2 Å². The van der Waals surface area contributed by atoms with E-state index in [0.29, 0.717) is 21.4 Å². The van der Waals surface area contributed by atoms with Gasteiger partial charge in [0.2, 0.25) is 11.8 Å². The number of benzene rings is 4. The number of rotatable bonds is 14. The van der Waals surface area contributed by atoms with Crippen LogP contribution in [0.5, 0.6) is 11.5 Å². The van der Waals surface area contributed by atoms with Crippen LogP contribution >= 0.6 is 34.8 Å². The van der Waals surface area contributed by atoms with Crippen molar-refractivity contribution in [3.8, 4) is 11.5 Å². The Labute approximate surface area is 296 Å². The number of hydrogen-bond donors (Lipinski definition) is 1. The highest BCUT2D eigenvalue weighted by Gasteiger charge is 2.35. The molecule has 4 aromatic carbocycles. The molecule has 1 N–H and O–H groups in total. The van der Waals surface area contributed by atoms with Gasteiger partial charge < -0.3 is 19.7 Å². The molecule has 0 aromatic heterocycles. The lowest BCUT2D eigenvalue weighted by atomic mass is 10.0. The lowest BCUT2D eigenvalue weighted by Gasteiger charge is -2.34. The van der Waals surface area contributed by atoms with Gasteiger partial charge in [0.1, 0.15) is 12.6 Å². The summed E-state index contributed by atoms with van der Waals surface area (Å²) in [5, 5.41) is 3.90. The van der Waals surface area contributed by atoms with Crippen molar-refractivity contribution < 1.29 is 27.5 Å². The van der Waals surface area contributed by atoms with Crippen LogP contribution in [0.2, 0.25) is 15.1 Å². The quantitative estimate of drug-likeness (QED) is 0.149. The van der Waals surface area contributed by atoms with Crippen LogP contribution < -0.4 is 19.1 Å². The minimum atomic E-state index is -4.39. The van der Waals surface area contributed by atoms with Gasteiger partial charge in [0.25, 0.3) is 10.0 Å². The van der Waals surface area contributed by atoms with E-state index in [-0.39, 0.29) is 40.4 Å². The number of halogens is 3. The molecule has 1 atom stereocenters. The van der Waals surface area contributed by atoms with Gasteiger partial charge in [-0.2, -0.15) is 0 Å². The molecule has 0 radical (unpaired) electrons. The number of carbonyl (C=O) groups excluding carboxylic acids is 2.